The number of rotatable bonds is 4. The molecule has 0 spiro atoms. The first kappa shape index (κ1) is 13.8. The highest BCUT2D eigenvalue weighted by Crippen LogP contribution is 2.19. The molecule has 1 heterocycles. The lowest BCUT2D eigenvalue weighted by Gasteiger charge is -2.32. The summed E-state index contributed by atoms with van der Waals surface area (Å²) in [7, 11) is 0. The van der Waals surface area contributed by atoms with Crippen molar-refractivity contribution in [3.05, 3.63) is 0 Å². The number of aliphatic carboxylic acids is 1. The topological polar surface area (TPSA) is 81.1 Å². The zero-order valence-electron chi connectivity index (χ0n) is 10.3. The normalized spacial score (nSPS) is 19.8. The molecule has 1 aliphatic rings. The summed E-state index contributed by atoms with van der Waals surface area (Å²) in [5.41, 5.74) is 0. The van der Waals surface area contributed by atoms with Gasteiger partial charge in [0.1, 0.15) is 6.54 Å². The van der Waals surface area contributed by atoms with Gasteiger partial charge in [0.2, 0.25) is 0 Å². The Morgan fingerprint density at radius 3 is 2.59 bits per heavy atom. The zero-order chi connectivity index (χ0) is 13.0. The molecule has 2 amide bonds. The van der Waals surface area contributed by atoms with E-state index in [0.29, 0.717) is 6.54 Å². The maximum absolute atomic E-state index is 12.2. The van der Waals surface area contributed by atoms with E-state index >= 15 is 0 Å². The highest BCUT2D eigenvalue weighted by atomic mass is 16.4. The lowest BCUT2D eigenvalue weighted by atomic mass is 10.2. The number of aliphatic hydroxyl groups excluding tert-OH is 1. The molecule has 1 fully saturated rings. The number of amides is 2. The molecule has 6 nitrogen and oxygen atoms in total. The van der Waals surface area contributed by atoms with Gasteiger partial charge in [-0.3, -0.25) is 4.79 Å². The monoisotopic (exact) mass is 244 g/mol. The minimum Gasteiger partial charge on any atom is -0.480 e. The van der Waals surface area contributed by atoms with Crippen molar-refractivity contribution in [1.82, 2.24) is 9.80 Å². The van der Waals surface area contributed by atoms with E-state index in [9.17, 15) is 9.59 Å². The standard InChI is InChI=1S/C11H20N2O4/c1-8(2)13(6-10(15)16)11(17)12-5-3-4-9(12)7-14/h8-9,14H,3-7H2,1-2H3,(H,15,16). The van der Waals surface area contributed by atoms with E-state index in [4.69, 9.17) is 10.2 Å². The fraction of sp³-hybridized carbons (Fsp3) is 0.818. The molecule has 0 saturated carbocycles. The molecule has 0 bridgehead atoms. The van der Waals surface area contributed by atoms with Gasteiger partial charge in [-0.2, -0.15) is 0 Å². The molecule has 0 radical (unpaired) electrons. The van der Waals surface area contributed by atoms with Gasteiger partial charge in [0.15, 0.2) is 0 Å². The van der Waals surface area contributed by atoms with E-state index in [1.807, 2.05) is 0 Å². The lowest BCUT2D eigenvalue weighted by Crippen LogP contribution is -2.50. The van der Waals surface area contributed by atoms with Gasteiger partial charge in [0, 0.05) is 12.6 Å². The lowest BCUT2D eigenvalue weighted by molar-refractivity contribution is -0.138. The number of aliphatic hydroxyl groups is 1. The molecular weight excluding hydrogens is 224 g/mol. The number of carboxylic acid groups (broad SMARTS) is 1. The molecule has 6 heteroatoms. The van der Waals surface area contributed by atoms with Crippen molar-refractivity contribution in [1.29, 1.82) is 0 Å². The van der Waals surface area contributed by atoms with E-state index in [1.165, 1.54) is 4.90 Å². The number of hydrogen-bond donors (Lipinski definition) is 2. The van der Waals surface area contributed by atoms with E-state index in [1.54, 1.807) is 18.7 Å². The summed E-state index contributed by atoms with van der Waals surface area (Å²) >= 11 is 0. The van der Waals surface area contributed by atoms with Gasteiger partial charge in [0.25, 0.3) is 0 Å². The molecule has 1 rings (SSSR count). The quantitative estimate of drug-likeness (QED) is 0.748. The van der Waals surface area contributed by atoms with Crippen molar-refractivity contribution < 1.29 is 19.8 Å². The second-order valence-corrected chi connectivity index (χ2v) is 4.57. The number of likely N-dealkylation sites (tertiary alicyclic amines) is 1. The average Bonchev–Trinajstić information content (AvgIpc) is 2.72. The van der Waals surface area contributed by atoms with Gasteiger partial charge < -0.3 is 20.0 Å². The minimum atomic E-state index is -1.02. The van der Waals surface area contributed by atoms with Crippen LogP contribution in [0.25, 0.3) is 0 Å². The van der Waals surface area contributed by atoms with E-state index in [2.05, 4.69) is 0 Å². The third-order valence-corrected chi connectivity index (χ3v) is 3.01. The zero-order valence-corrected chi connectivity index (χ0v) is 10.3. The number of carbonyl (C=O) groups excluding carboxylic acids is 1. The summed E-state index contributed by atoms with van der Waals surface area (Å²) < 4.78 is 0. The Labute approximate surface area is 101 Å². The molecule has 98 valence electrons. The summed E-state index contributed by atoms with van der Waals surface area (Å²) in [6.45, 7) is 3.79. The Hall–Kier alpha value is -1.30. The molecule has 17 heavy (non-hydrogen) atoms. The number of carboxylic acids is 1. The van der Waals surface area contributed by atoms with Gasteiger partial charge >= 0.3 is 12.0 Å². The Morgan fingerprint density at radius 1 is 1.47 bits per heavy atom. The molecule has 2 N–H and O–H groups in total. The predicted molar refractivity (Wildman–Crippen MR) is 61.7 cm³/mol. The molecule has 0 aromatic carbocycles. The second kappa shape index (κ2) is 5.86. The number of hydrogen-bond acceptors (Lipinski definition) is 3. The third-order valence-electron chi connectivity index (χ3n) is 3.01. The van der Waals surface area contributed by atoms with Gasteiger partial charge in [0.05, 0.1) is 12.6 Å². The van der Waals surface area contributed by atoms with Crippen LogP contribution in [0.2, 0.25) is 0 Å². The second-order valence-electron chi connectivity index (χ2n) is 4.57. The van der Waals surface area contributed by atoms with Crippen molar-refractivity contribution in [3.8, 4) is 0 Å². The van der Waals surface area contributed by atoms with Gasteiger partial charge in [-0.25, -0.2) is 4.79 Å². The van der Waals surface area contributed by atoms with Gasteiger partial charge in [-0.15, -0.1) is 0 Å². The first-order valence-corrected chi connectivity index (χ1v) is 5.87. The maximum atomic E-state index is 12.2. The smallest absolute Gasteiger partial charge is 0.323 e. The molecule has 0 aliphatic carbocycles. The van der Waals surface area contributed by atoms with Gasteiger partial charge in [-0.05, 0) is 26.7 Å². The van der Waals surface area contributed by atoms with E-state index in [-0.39, 0.29) is 31.3 Å². The highest BCUT2D eigenvalue weighted by molar-refractivity contribution is 5.80. The fourth-order valence-electron chi connectivity index (χ4n) is 2.06. The summed E-state index contributed by atoms with van der Waals surface area (Å²) in [6.07, 6.45) is 1.64. The van der Waals surface area contributed by atoms with Crippen LogP contribution in [0.1, 0.15) is 26.7 Å². The van der Waals surface area contributed by atoms with Crippen molar-refractivity contribution in [2.24, 2.45) is 0 Å². The minimum absolute atomic E-state index is 0.0647. The van der Waals surface area contributed by atoms with Crippen LogP contribution in [0.15, 0.2) is 0 Å². The average molecular weight is 244 g/mol. The van der Waals surface area contributed by atoms with Crippen molar-refractivity contribution >= 4 is 12.0 Å². The fourth-order valence-corrected chi connectivity index (χ4v) is 2.06. The maximum Gasteiger partial charge on any atom is 0.323 e. The molecule has 1 atom stereocenters. The van der Waals surface area contributed by atoms with Crippen LogP contribution in [0, 0.1) is 0 Å². The van der Waals surface area contributed by atoms with Gasteiger partial charge in [-0.1, -0.05) is 0 Å². The Balaban J connectivity index is 2.73. The largest absolute Gasteiger partial charge is 0.480 e. The van der Waals surface area contributed by atoms with Crippen LogP contribution < -0.4 is 0 Å². The van der Waals surface area contributed by atoms with Crippen LogP contribution in [0.4, 0.5) is 4.79 Å². The van der Waals surface area contributed by atoms with Crippen LogP contribution in [-0.4, -0.2) is 63.8 Å². The Bertz CT molecular complexity index is 293. The molecule has 0 aromatic heterocycles. The van der Waals surface area contributed by atoms with Crippen LogP contribution >= 0.6 is 0 Å². The molecule has 0 aromatic rings. The van der Waals surface area contributed by atoms with Crippen LogP contribution in [0.5, 0.6) is 0 Å². The number of urea groups is 1. The summed E-state index contributed by atoms with van der Waals surface area (Å²) in [6, 6.07) is -0.630. The van der Waals surface area contributed by atoms with E-state index < -0.39 is 5.97 Å². The van der Waals surface area contributed by atoms with E-state index in [0.717, 1.165) is 12.8 Å². The number of nitrogens with zero attached hydrogens (tertiary/aromatic N) is 2. The highest BCUT2D eigenvalue weighted by Gasteiger charge is 2.32. The third kappa shape index (κ3) is 3.33. The van der Waals surface area contributed by atoms with Crippen molar-refractivity contribution in [2.45, 2.75) is 38.8 Å². The SMILES string of the molecule is CC(C)N(CC(=O)O)C(=O)N1CCCC1CO. The van der Waals surface area contributed by atoms with Crippen molar-refractivity contribution in [2.75, 3.05) is 19.7 Å². The van der Waals surface area contributed by atoms with Crippen molar-refractivity contribution in [3.63, 3.8) is 0 Å². The molecular formula is C11H20N2O4. The van der Waals surface area contributed by atoms with Crippen LogP contribution in [0.3, 0.4) is 0 Å². The first-order valence-electron chi connectivity index (χ1n) is 5.87. The van der Waals surface area contributed by atoms with Crippen LogP contribution in [-0.2, 0) is 4.79 Å². The molecule has 1 aliphatic heterocycles. The molecule has 1 saturated heterocycles. The summed E-state index contributed by atoms with van der Waals surface area (Å²) in [5, 5.41) is 17.9. The predicted octanol–water partition coefficient (Wildman–Crippen LogP) is 0.358. The molecule has 1 unspecified atom stereocenters. The summed E-state index contributed by atoms with van der Waals surface area (Å²) in [5.74, 6) is -1.02. The Morgan fingerprint density at radius 2 is 2.12 bits per heavy atom. The Kier molecular flexibility index (Phi) is 4.74. The summed E-state index contributed by atoms with van der Waals surface area (Å²) in [4.78, 5) is 25.8. The first-order chi connectivity index (χ1) is 7.97. The number of carbonyl (C=O) groups is 2.